The molecule has 0 bridgehead atoms. The number of rotatable bonds is 5. The highest BCUT2D eigenvalue weighted by Crippen LogP contribution is 2.36. The lowest BCUT2D eigenvalue weighted by atomic mass is 10.1. The molecule has 1 aliphatic carbocycles. The number of hydrogen-bond acceptors (Lipinski definition) is 2. The van der Waals surface area contributed by atoms with E-state index in [4.69, 9.17) is 0 Å². The molecule has 1 aromatic heterocycles. The maximum atomic E-state index is 12.7. The molecule has 0 saturated heterocycles. The number of carbonyl (C=O) groups is 1. The van der Waals surface area contributed by atoms with Crippen LogP contribution in [-0.2, 0) is 11.3 Å². The number of hydrogen-bond donors (Lipinski definition) is 0. The summed E-state index contributed by atoms with van der Waals surface area (Å²) in [6.45, 7) is -0.00697. The van der Waals surface area contributed by atoms with E-state index >= 15 is 0 Å². The lowest BCUT2D eigenvalue weighted by Crippen LogP contribution is -2.47. The van der Waals surface area contributed by atoms with E-state index in [-0.39, 0.29) is 12.5 Å². The minimum atomic E-state index is -4.44. The summed E-state index contributed by atoms with van der Waals surface area (Å²) < 4.78 is 39.1. The molecule has 0 spiro atoms. The van der Waals surface area contributed by atoms with Gasteiger partial charge in [-0.25, -0.2) is 0 Å². The van der Waals surface area contributed by atoms with Gasteiger partial charge in [-0.05, 0) is 31.7 Å². The van der Waals surface area contributed by atoms with Gasteiger partial charge in [-0.3, -0.25) is 9.59 Å². The Labute approximate surface area is 120 Å². The fourth-order valence-corrected chi connectivity index (χ4v) is 2.31. The van der Waals surface area contributed by atoms with Crippen LogP contribution >= 0.6 is 0 Å². The molecule has 4 nitrogen and oxygen atoms in total. The van der Waals surface area contributed by atoms with Gasteiger partial charge >= 0.3 is 6.18 Å². The Balaban J connectivity index is 2.13. The molecule has 1 heterocycles. The largest absolute Gasteiger partial charge is 0.406 e. The number of amides is 1. The van der Waals surface area contributed by atoms with E-state index in [2.05, 4.69) is 0 Å². The molecule has 0 aliphatic heterocycles. The van der Waals surface area contributed by atoms with Crippen molar-refractivity contribution >= 4 is 5.91 Å². The van der Waals surface area contributed by atoms with E-state index in [0.29, 0.717) is 0 Å². The predicted octanol–water partition coefficient (Wildman–Crippen LogP) is 2.04. The third-order valence-corrected chi connectivity index (χ3v) is 3.67. The number of pyridine rings is 1. The summed E-state index contributed by atoms with van der Waals surface area (Å²) in [5.74, 6) is -0.552. The van der Waals surface area contributed by atoms with Crippen LogP contribution in [0.3, 0.4) is 0 Å². The fourth-order valence-electron chi connectivity index (χ4n) is 2.31. The van der Waals surface area contributed by atoms with Crippen LogP contribution in [-0.4, -0.2) is 34.1 Å². The van der Waals surface area contributed by atoms with Gasteiger partial charge in [0.1, 0.15) is 13.1 Å². The first-order valence-corrected chi connectivity index (χ1v) is 6.79. The van der Waals surface area contributed by atoms with Gasteiger partial charge in [-0.1, -0.05) is 6.07 Å². The predicted molar refractivity (Wildman–Crippen MR) is 70.7 cm³/mol. The quantitative estimate of drug-likeness (QED) is 0.835. The van der Waals surface area contributed by atoms with Crippen LogP contribution in [0.15, 0.2) is 29.2 Å². The van der Waals surface area contributed by atoms with Gasteiger partial charge in [0.15, 0.2) is 0 Å². The minimum absolute atomic E-state index is 0.129. The molecule has 0 radical (unpaired) electrons. The molecule has 1 fully saturated rings. The van der Waals surface area contributed by atoms with Gasteiger partial charge in [0.2, 0.25) is 5.91 Å². The van der Waals surface area contributed by atoms with Crippen molar-refractivity contribution in [3.05, 3.63) is 34.7 Å². The van der Waals surface area contributed by atoms with E-state index < -0.39 is 30.2 Å². The van der Waals surface area contributed by atoms with Gasteiger partial charge in [-0.15, -0.1) is 0 Å². The van der Waals surface area contributed by atoms with Crippen molar-refractivity contribution in [1.29, 1.82) is 0 Å². The molecule has 1 aromatic rings. The molecule has 7 heteroatoms. The lowest BCUT2D eigenvalue weighted by molar-refractivity contribution is -0.166. The summed E-state index contributed by atoms with van der Waals surface area (Å²) in [6, 6.07) is 3.89. The normalized spacial score (nSPS) is 16.6. The van der Waals surface area contributed by atoms with Crippen LogP contribution in [0.5, 0.6) is 0 Å². The van der Waals surface area contributed by atoms with Crippen molar-refractivity contribution in [3.8, 4) is 0 Å². The summed E-state index contributed by atoms with van der Waals surface area (Å²) >= 11 is 0. The molecule has 1 unspecified atom stereocenters. The first-order chi connectivity index (χ1) is 9.78. The molecule has 1 atom stereocenters. The van der Waals surface area contributed by atoms with Gasteiger partial charge in [-0.2, -0.15) is 13.2 Å². The molecular formula is C14H17F3N2O2. The van der Waals surface area contributed by atoms with Gasteiger partial charge in [0, 0.05) is 18.3 Å². The number of alkyl halides is 3. The molecule has 21 heavy (non-hydrogen) atoms. The summed E-state index contributed by atoms with van der Waals surface area (Å²) in [5, 5.41) is 0. The topological polar surface area (TPSA) is 42.3 Å². The van der Waals surface area contributed by atoms with E-state index in [0.717, 1.165) is 22.3 Å². The Hall–Kier alpha value is -1.79. The Morgan fingerprint density at radius 3 is 2.62 bits per heavy atom. The number of carbonyl (C=O) groups excluding carboxylic acids is 1. The highest BCUT2D eigenvalue weighted by atomic mass is 19.4. The SMILES string of the molecule is CC(C1CC1)N(CC(F)(F)F)C(=O)Cn1ccccc1=O. The zero-order chi connectivity index (χ0) is 15.6. The zero-order valence-corrected chi connectivity index (χ0v) is 11.6. The molecular weight excluding hydrogens is 285 g/mol. The van der Waals surface area contributed by atoms with E-state index in [1.54, 1.807) is 13.0 Å². The van der Waals surface area contributed by atoms with Crippen LogP contribution in [0, 0.1) is 5.92 Å². The average Bonchev–Trinajstić information content (AvgIpc) is 3.21. The summed E-state index contributed by atoms with van der Waals surface area (Å²) in [7, 11) is 0. The minimum Gasteiger partial charge on any atom is -0.329 e. The first-order valence-electron chi connectivity index (χ1n) is 6.79. The third-order valence-electron chi connectivity index (χ3n) is 3.67. The molecule has 0 N–H and O–H groups in total. The molecule has 116 valence electrons. The summed E-state index contributed by atoms with van der Waals surface area (Å²) in [5.41, 5.74) is -0.406. The van der Waals surface area contributed by atoms with Crippen LogP contribution in [0.4, 0.5) is 13.2 Å². The molecule has 1 saturated carbocycles. The van der Waals surface area contributed by atoms with Crippen LogP contribution in [0.25, 0.3) is 0 Å². The van der Waals surface area contributed by atoms with Crippen molar-refractivity contribution in [1.82, 2.24) is 9.47 Å². The number of aromatic nitrogens is 1. The number of nitrogens with zero attached hydrogens (tertiary/aromatic N) is 2. The summed E-state index contributed by atoms with van der Waals surface area (Å²) in [6.07, 6.45) is -1.36. The van der Waals surface area contributed by atoms with Gasteiger partial charge in [0.05, 0.1) is 0 Å². The van der Waals surface area contributed by atoms with Crippen LogP contribution < -0.4 is 5.56 Å². The first kappa shape index (κ1) is 15.6. The van der Waals surface area contributed by atoms with E-state index in [9.17, 15) is 22.8 Å². The maximum absolute atomic E-state index is 12.7. The van der Waals surface area contributed by atoms with Crippen LogP contribution in [0.2, 0.25) is 0 Å². The zero-order valence-electron chi connectivity index (χ0n) is 11.6. The summed E-state index contributed by atoms with van der Waals surface area (Å²) in [4.78, 5) is 24.6. The Morgan fingerprint density at radius 2 is 2.10 bits per heavy atom. The van der Waals surface area contributed by atoms with Crippen molar-refractivity contribution in [3.63, 3.8) is 0 Å². The van der Waals surface area contributed by atoms with E-state index in [1.165, 1.54) is 18.3 Å². The molecule has 0 aromatic carbocycles. The van der Waals surface area contributed by atoms with Crippen molar-refractivity contribution < 1.29 is 18.0 Å². The fraction of sp³-hybridized carbons (Fsp3) is 0.571. The molecule has 2 rings (SSSR count). The lowest BCUT2D eigenvalue weighted by Gasteiger charge is -2.30. The highest BCUT2D eigenvalue weighted by Gasteiger charge is 2.40. The van der Waals surface area contributed by atoms with Crippen molar-refractivity contribution in [2.45, 2.75) is 38.5 Å². The van der Waals surface area contributed by atoms with Crippen molar-refractivity contribution in [2.24, 2.45) is 5.92 Å². The van der Waals surface area contributed by atoms with Crippen LogP contribution in [0.1, 0.15) is 19.8 Å². The molecule has 1 amide bonds. The smallest absolute Gasteiger partial charge is 0.329 e. The Kier molecular flexibility index (Phi) is 4.39. The van der Waals surface area contributed by atoms with E-state index in [1.807, 2.05) is 0 Å². The number of halogens is 3. The Bertz CT molecular complexity index is 564. The molecule has 1 aliphatic rings. The second-order valence-electron chi connectivity index (χ2n) is 5.38. The van der Waals surface area contributed by atoms with Gasteiger partial charge in [0.25, 0.3) is 5.56 Å². The monoisotopic (exact) mass is 302 g/mol. The average molecular weight is 302 g/mol. The highest BCUT2D eigenvalue weighted by molar-refractivity contribution is 5.76. The van der Waals surface area contributed by atoms with Crippen molar-refractivity contribution in [2.75, 3.05) is 6.54 Å². The third kappa shape index (κ3) is 4.34. The maximum Gasteiger partial charge on any atom is 0.406 e. The standard InChI is InChI=1S/C14H17F3N2O2/c1-10(11-5-6-11)19(9-14(15,16)17)13(21)8-18-7-3-2-4-12(18)20/h2-4,7,10-11H,5-6,8-9H2,1H3. The Morgan fingerprint density at radius 1 is 1.43 bits per heavy atom. The second kappa shape index (κ2) is 5.91. The van der Waals surface area contributed by atoms with Gasteiger partial charge < -0.3 is 9.47 Å². The second-order valence-corrected chi connectivity index (χ2v) is 5.38.